The van der Waals surface area contributed by atoms with Gasteiger partial charge in [-0.05, 0) is 71.6 Å². The van der Waals surface area contributed by atoms with Crippen molar-refractivity contribution in [1.82, 2.24) is 10.2 Å². The molecule has 3 heteroatoms. The topological polar surface area (TPSA) is 24.5 Å². The predicted molar refractivity (Wildman–Crippen MR) is 75.9 cm³/mol. The van der Waals surface area contributed by atoms with Crippen molar-refractivity contribution in [3.05, 3.63) is 0 Å². The number of hydrogen-bond donors (Lipinski definition) is 1. The van der Waals surface area contributed by atoms with E-state index in [4.69, 9.17) is 4.74 Å². The molecule has 0 aromatic heterocycles. The third kappa shape index (κ3) is 3.94. The van der Waals surface area contributed by atoms with Gasteiger partial charge in [0.1, 0.15) is 0 Å². The predicted octanol–water partition coefficient (Wildman–Crippen LogP) is 2.26. The van der Waals surface area contributed by atoms with Crippen LogP contribution in [0.4, 0.5) is 0 Å². The quantitative estimate of drug-likeness (QED) is 0.833. The van der Waals surface area contributed by atoms with Gasteiger partial charge in [-0.3, -0.25) is 0 Å². The first kappa shape index (κ1) is 14.3. The molecule has 0 saturated carbocycles. The van der Waals surface area contributed by atoms with E-state index in [-0.39, 0.29) is 0 Å². The highest BCUT2D eigenvalue weighted by molar-refractivity contribution is 4.84. The molecule has 0 bridgehead atoms. The van der Waals surface area contributed by atoms with E-state index < -0.39 is 0 Å². The van der Waals surface area contributed by atoms with E-state index in [2.05, 4.69) is 31.0 Å². The van der Waals surface area contributed by atoms with Crippen molar-refractivity contribution in [2.24, 2.45) is 5.92 Å². The van der Waals surface area contributed by atoms with Gasteiger partial charge in [0, 0.05) is 6.04 Å². The maximum Gasteiger partial charge on any atom is 0.0565 e. The second-order valence-corrected chi connectivity index (χ2v) is 6.17. The van der Waals surface area contributed by atoms with E-state index in [9.17, 15) is 0 Å². The van der Waals surface area contributed by atoms with Gasteiger partial charge in [-0.25, -0.2) is 0 Å². The van der Waals surface area contributed by atoms with Crippen molar-refractivity contribution in [3.63, 3.8) is 0 Å². The minimum Gasteiger partial charge on any atom is -0.375 e. The van der Waals surface area contributed by atoms with Crippen LogP contribution in [-0.4, -0.2) is 49.3 Å². The Kier molecular flexibility index (Phi) is 5.46. The zero-order valence-corrected chi connectivity index (χ0v) is 12.3. The van der Waals surface area contributed by atoms with Crippen molar-refractivity contribution >= 4 is 0 Å². The van der Waals surface area contributed by atoms with Crippen LogP contribution in [0.5, 0.6) is 0 Å². The standard InChI is InChI=1S/C15H30N2O/c1-4-16-11-14-5-7-17(8-6-14)15-9-12(2)18-13(3)10-15/h12-16H,4-11H2,1-3H3. The highest BCUT2D eigenvalue weighted by Gasteiger charge is 2.31. The summed E-state index contributed by atoms with van der Waals surface area (Å²) in [5.41, 5.74) is 0. The molecule has 0 aliphatic carbocycles. The summed E-state index contributed by atoms with van der Waals surface area (Å²) in [6.07, 6.45) is 6.07. The third-order valence-corrected chi connectivity index (χ3v) is 4.52. The van der Waals surface area contributed by atoms with Crippen LogP contribution in [0.15, 0.2) is 0 Å². The lowest BCUT2D eigenvalue weighted by Crippen LogP contribution is -2.48. The van der Waals surface area contributed by atoms with Gasteiger partial charge in [0.05, 0.1) is 12.2 Å². The Labute approximate surface area is 112 Å². The highest BCUT2D eigenvalue weighted by Crippen LogP contribution is 2.27. The van der Waals surface area contributed by atoms with Gasteiger partial charge in [0.2, 0.25) is 0 Å². The normalized spacial score (nSPS) is 35.8. The van der Waals surface area contributed by atoms with Crippen LogP contribution < -0.4 is 5.32 Å². The van der Waals surface area contributed by atoms with E-state index in [1.807, 2.05) is 0 Å². The molecule has 3 nitrogen and oxygen atoms in total. The SMILES string of the molecule is CCNCC1CCN(C2CC(C)OC(C)C2)CC1. The minimum atomic E-state index is 0.443. The number of hydrogen-bond acceptors (Lipinski definition) is 3. The number of nitrogens with zero attached hydrogens (tertiary/aromatic N) is 1. The van der Waals surface area contributed by atoms with Crippen molar-refractivity contribution < 1.29 is 4.74 Å². The molecule has 2 aliphatic rings. The first-order valence-electron chi connectivity index (χ1n) is 7.79. The summed E-state index contributed by atoms with van der Waals surface area (Å²) in [4.78, 5) is 2.72. The Balaban J connectivity index is 1.75. The second kappa shape index (κ2) is 6.88. The second-order valence-electron chi connectivity index (χ2n) is 6.17. The van der Waals surface area contributed by atoms with Gasteiger partial charge in [-0.1, -0.05) is 6.92 Å². The lowest BCUT2D eigenvalue weighted by atomic mass is 9.92. The van der Waals surface area contributed by atoms with Gasteiger partial charge in [0.15, 0.2) is 0 Å². The molecule has 0 aromatic carbocycles. The van der Waals surface area contributed by atoms with Gasteiger partial charge in [0.25, 0.3) is 0 Å². The molecule has 2 unspecified atom stereocenters. The van der Waals surface area contributed by atoms with Crippen LogP contribution in [0.2, 0.25) is 0 Å². The van der Waals surface area contributed by atoms with Crippen LogP contribution >= 0.6 is 0 Å². The summed E-state index contributed by atoms with van der Waals surface area (Å²) in [5, 5.41) is 3.49. The monoisotopic (exact) mass is 254 g/mol. The Morgan fingerprint density at radius 3 is 2.28 bits per heavy atom. The fourth-order valence-electron chi connectivity index (χ4n) is 3.54. The maximum absolute atomic E-state index is 5.84. The molecule has 2 saturated heterocycles. The Morgan fingerprint density at radius 2 is 1.72 bits per heavy atom. The molecule has 2 rings (SSSR count). The molecule has 2 aliphatic heterocycles. The number of likely N-dealkylation sites (tertiary alicyclic amines) is 1. The van der Waals surface area contributed by atoms with Crippen LogP contribution in [0.3, 0.4) is 0 Å². The number of piperidine rings is 1. The van der Waals surface area contributed by atoms with E-state index >= 15 is 0 Å². The molecule has 0 radical (unpaired) electrons. The summed E-state index contributed by atoms with van der Waals surface area (Å²) in [6.45, 7) is 11.5. The molecule has 0 spiro atoms. The minimum absolute atomic E-state index is 0.443. The van der Waals surface area contributed by atoms with Crippen molar-refractivity contribution in [3.8, 4) is 0 Å². The summed E-state index contributed by atoms with van der Waals surface area (Å²) >= 11 is 0. The average Bonchev–Trinajstić information content (AvgIpc) is 2.36. The lowest BCUT2D eigenvalue weighted by molar-refractivity contribution is -0.0695. The zero-order chi connectivity index (χ0) is 13.0. The van der Waals surface area contributed by atoms with Crippen molar-refractivity contribution in [2.75, 3.05) is 26.2 Å². The smallest absolute Gasteiger partial charge is 0.0565 e. The lowest BCUT2D eigenvalue weighted by Gasteiger charge is -2.42. The number of ether oxygens (including phenoxy) is 1. The molecular weight excluding hydrogens is 224 g/mol. The van der Waals surface area contributed by atoms with E-state index in [0.717, 1.165) is 18.5 Å². The summed E-state index contributed by atoms with van der Waals surface area (Å²) in [7, 11) is 0. The molecular formula is C15H30N2O. The van der Waals surface area contributed by atoms with E-state index in [1.165, 1.54) is 45.3 Å². The molecule has 1 N–H and O–H groups in total. The molecule has 2 heterocycles. The van der Waals surface area contributed by atoms with E-state index in [0.29, 0.717) is 12.2 Å². The fourth-order valence-corrected chi connectivity index (χ4v) is 3.54. The average molecular weight is 254 g/mol. The maximum atomic E-state index is 5.84. The van der Waals surface area contributed by atoms with Crippen molar-refractivity contribution in [2.45, 2.75) is 64.7 Å². The van der Waals surface area contributed by atoms with Crippen molar-refractivity contribution in [1.29, 1.82) is 0 Å². The van der Waals surface area contributed by atoms with Crippen LogP contribution in [-0.2, 0) is 4.74 Å². The number of nitrogens with one attached hydrogen (secondary N) is 1. The zero-order valence-electron chi connectivity index (χ0n) is 12.3. The van der Waals surface area contributed by atoms with Crippen LogP contribution in [0.25, 0.3) is 0 Å². The molecule has 0 aromatic rings. The van der Waals surface area contributed by atoms with Crippen LogP contribution in [0, 0.1) is 5.92 Å². The molecule has 18 heavy (non-hydrogen) atoms. The molecule has 2 fully saturated rings. The largest absolute Gasteiger partial charge is 0.375 e. The summed E-state index contributed by atoms with van der Waals surface area (Å²) in [5.74, 6) is 0.899. The van der Waals surface area contributed by atoms with E-state index in [1.54, 1.807) is 0 Å². The number of rotatable bonds is 4. The highest BCUT2D eigenvalue weighted by atomic mass is 16.5. The van der Waals surface area contributed by atoms with Gasteiger partial charge < -0.3 is 15.0 Å². The summed E-state index contributed by atoms with van der Waals surface area (Å²) < 4.78 is 5.84. The van der Waals surface area contributed by atoms with Gasteiger partial charge in [-0.2, -0.15) is 0 Å². The van der Waals surface area contributed by atoms with Gasteiger partial charge >= 0.3 is 0 Å². The summed E-state index contributed by atoms with van der Waals surface area (Å²) in [6, 6.07) is 0.767. The first-order valence-corrected chi connectivity index (χ1v) is 7.79. The molecule has 0 amide bonds. The molecule has 106 valence electrons. The Hall–Kier alpha value is -0.120. The Morgan fingerprint density at radius 1 is 1.11 bits per heavy atom. The van der Waals surface area contributed by atoms with Crippen LogP contribution in [0.1, 0.15) is 46.5 Å². The molecule has 2 atom stereocenters. The fraction of sp³-hybridized carbons (Fsp3) is 1.00. The third-order valence-electron chi connectivity index (χ3n) is 4.52. The Bertz CT molecular complexity index is 229. The first-order chi connectivity index (χ1) is 8.69. The van der Waals surface area contributed by atoms with Gasteiger partial charge in [-0.15, -0.1) is 0 Å².